The van der Waals surface area contributed by atoms with Crippen molar-refractivity contribution in [3.05, 3.63) is 46.1 Å². The summed E-state index contributed by atoms with van der Waals surface area (Å²) in [5, 5.41) is 8.76. The van der Waals surface area contributed by atoms with E-state index in [0.29, 0.717) is 5.56 Å². The Morgan fingerprint density at radius 3 is 2.67 bits per heavy atom. The number of rotatable bonds is 3. The van der Waals surface area contributed by atoms with Crippen molar-refractivity contribution in [1.29, 1.82) is 5.26 Å². The molecule has 2 rings (SSSR count). The molecule has 1 heterocycles. The maximum atomic E-state index is 12.3. The Morgan fingerprint density at radius 2 is 2.10 bits per heavy atom. The molecule has 0 saturated heterocycles. The van der Waals surface area contributed by atoms with E-state index >= 15 is 0 Å². The third-order valence-electron chi connectivity index (χ3n) is 2.71. The fraction of sp³-hybridized carbons (Fsp3) is 0.0769. The molecule has 2 aromatic rings. The molecular formula is C13H11BrN4O2S. The Hall–Kier alpha value is -2.11. The average Bonchev–Trinajstić information content (AvgIpc) is 2.42. The van der Waals surface area contributed by atoms with Crippen molar-refractivity contribution >= 4 is 37.5 Å². The summed E-state index contributed by atoms with van der Waals surface area (Å²) >= 11 is 3.29. The normalized spacial score (nSPS) is 10.9. The van der Waals surface area contributed by atoms with Gasteiger partial charge in [-0.15, -0.1) is 0 Å². The van der Waals surface area contributed by atoms with Crippen molar-refractivity contribution in [2.45, 2.75) is 11.8 Å². The van der Waals surface area contributed by atoms with Crippen LogP contribution in [0.3, 0.4) is 0 Å². The van der Waals surface area contributed by atoms with Crippen molar-refractivity contribution in [1.82, 2.24) is 4.98 Å². The van der Waals surface area contributed by atoms with Crippen LogP contribution in [0.1, 0.15) is 11.1 Å². The molecule has 0 amide bonds. The quantitative estimate of drug-likeness (QED) is 0.810. The highest BCUT2D eigenvalue weighted by Crippen LogP contribution is 2.23. The van der Waals surface area contributed by atoms with E-state index in [9.17, 15) is 8.42 Å². The van der Waals surface area contributed by atoms with Crippen molar-refractivity contribution in [3.8, 4) is 6.07 Å². The summed E-state index contributed by atoms with van der Waals surface area (Å²) in [6, 6.07) is 7.50. The minimum Gasteiger partial charge on any atom is -0.398 e. The van der Waals surface area contributed by atoms with Gasteiger partial charge in [0, 0.05) is 10.7 Å². The molecule has 21 heavy (non-hydrogen) atoms. The van der Waals surface area contributed by atoms with Gasteiger partial charge in [0.05, 0.1) is 17.3 Å². The van der Waals surface area contributed by atoms with Gasteiger partial charge in [0.2, 0.25) is 0 Å². The first kappa shape index (κ1) is 15.3. The second-order valence-corrected chi connectivity index (χ2v) is 6.79. The number of aryl methyl sites for hydroxylation is 1. The van der Waals surface area contributed by atoms with Crippen LogP contribution in [0, 0.1) is 18.3 Å². The van der Waals surface area contributed by atoms with Gasteiger partial charge >= 0.3 is 0 Å². The summed E-state index contributed by atoms with van der Waals surface area (Å²) in [6.45, 7) is 1.82. The molecule has 0 bridgehead atoms. The Morgan fingerprint density at radius 1 is 1.38 bits per heavy atom. The van der Waals surface area contributed by atoms with Gasteiger partial charge in [0.25, 0.3) is 10.0 Å². The Bertz CT molecular complexity index is 844. The van der Waals surface area contributed by atoms with Crippen LogP contribution in [0.5, 0.6) is 0 Å². The van der Waals surface area contributed by atoms with Gasteiger partial charge in [0.1, 0.15) is 10.7 Å². The minimum absolute atomic E-state index is 0.00961. The predicted octanol–water partition coefficient (Wildman–Crippen LogP) is 2.41. The molecule has 0 unspecified atom stereocenters. The van der Waals surface area contributed by atoms with Crippen LogP contribution in [-0.4, -0.2) is 13.4 Å². The molecule has 0 atom stereocenters. The lowest BCUT2D eigenvalue weighted by atomic mass is 10.2. The zero-order valence-electron chi connectivity index (χ0n) is 11.0. The number of benzene rings is 1. The predicted molar refractivity (Wildman–Crippen MR) is 83.1 cm³/mol. The van der Waals surface area contributed by atoms with E-state index < -0.39 is 10.0 Å². The summed E-state index contributed by atoms with van der Waals surface area (Å²) in [6.07, 6.45) is 1.51. The van der Waals surface area contributed by atoms with E-state index in [4.69, 9.17) is 11.0 Å². The van der Waals surface area contributed by atoms with E-state index in [1.807, 2.05) is 13.0 Å². The zero-order chi connectivity index (χ0) is 15.6. The van der Waals surface area contributed by atoms with E-state index in [1.54, 1.807) is 6.07 Å². The van der Waals surface area contributed by atoms with Crippen LogP contribution in [-0.2, 0) is 10.0 Å². The molecule has 0 fully saturated rings. The first-order valence-corrected chi connectivity index (χ1v) is 8.05. The summed E-state index contributed by atoms with van der Waals surface area (Å²) in [5.74, 6) is 0.194. The van der Waals surface area contributed by atoms with Gasteiger partial charge in [-0.05, 0) is 52.7 Å². The smallest absolute Gasteiger partial charge is 0.265 e. The summed E-state index contributed by atoms with van der Waals surface area (Å²) < 4.78 is 27.7. The monoisotopic (exact) mass is 366 g/mol. The Kier molecular flexibility index (Phi) is 4.16. The topological polar surface area (TPSA) is 109 Å². The number of halogens is 1. The number of sulfonamides is 1. The highest BCUT2D eigenvalue weighted by molar-refractivity contribution is 9.10. The molecule has 3 N–H and O–H groups in total. The van der Waals surface area contributed by atoms with E-state index in [-0.39, 0.29) is 16.4 Å². The number of nitriles is 1. The Labute approximate surface area is 130 Å². The highest BCUT2D eigenvalue weighted by atomic mass is 79.9. The molecule has 0 saturated carbocycles. The summed E-state index contributed by atoms with van der Waals surface area (Å²) in [4.78, 5) is 3.89. The molecule has 108 valence electrons. The number of hydrogen-bond acceptors (Lipinski definition) is 5. The van der Waals surface area contributed by atoms with Gasteiger partial charge in [-0.1, -0.05) is 0 Å². The van der Waals surface area contributed by atoms with Gasteiger partial charge in [0.15, 0.2) is 0 Å². The Balaban J connectivity index is 2.38. The fourth-order valence-corrected chi connectivity index (χ4v) is 2.98. The lowest BCUT2D eigenvalue weighted by molar-refractivity contribution is 0.601. The minimum atomic E-state index is -3.86. The lowest BCUT2D eigenvalue weighted by Crippen LogP contribution is -2.15. The van der Waals surface area contributed by atoms with Crippen molar-refractivity contribution in [3.63, 3.8) is 0 Å². The van der Waals surface area contributed by atoms with E-state index in [0.717, 1.165) is 10.0 Å². The average molecular weight is 367 g/mol. The largest absolute Gasteiger partial charge is 0.398 e. The maximum Gasteiger partial charge on any atom is 0.265 e. The number of aromatic nitrogens is 1. The molecule has 0 radical (unpaired) electrons. The second kappa shape index (κ2) is 5.71. The number of hydrogen-bond donors (Lipinski definition) is 2. The number of nitrogens with zero attached hydrogens (tertiary/aromatic N) is 2. The van der Waals surface area contributed by atoms with Crippen molar-refractivity contribution < 1.29 is 8.42 Å². The molecule has 0 aliphatic heterocycles. The van der Waals surface area contributed by atoms with Crippen LogP contribution in [0.25, 0.3) is 0 Å². The molecule has 1 aromatic carbocycles. The number of nitrogens with two attached hydrogens (primary N) is 1. The number of nitrogen functional groups attached to an aromatic ring is 1. The molecule has 0 spiro atoms. The van der Waals surface area contributed by atoms with E-state index in [1.165, 1.54) is 24.4 Å². The first-order valence-electron chi connectivity index (χ1n) is 5.78. The molecule has 1 aromatic heterocycles. The van der Waals surface area contributed by atoms with Crippen LogP contribution < -0.4 is 10.5 Å². The van der Waals surface area contributed by atoms with Crippen LogP contribution in [0.2, 0.25) is 0 Å². The number of pyridine rings is 1. The third kappa shape index (κ3) is 3.32. The zero-order valence-corrected chi connectivity index (χ0v) is 13.4. The van der Waals surface area contributed by atoms with Crippen LogP contribution in [0.4, 0.5) is 11.5 Å². The van der Waals surface area contributed by atoms with Crippen LogP contribution in [0.15, 0.2) is 39.8 Å². The summed E-state index contributed by atoms with van der Waals surface area (Å²) in [5.41, 5.74) is 6.84. The number of nitrogens with one attached hydrogen (secondary N) is 1. The standard InChI is InChI=1S/C13H11BrN4O2S/c1-8-4-13(17-7-10(8)14)18-21(19,20)12-3-2-9(6-15)5-11(12)16/h2-5,7H,16H2,1H3,(H,17,18). The molecule has 8 heteroatoms. The van der Waals surface area contributed by atoms with Gasteiger partial charge in [-0.25, -0.2) is 13.4 Å². The van der Waals surface area contributed by atoms with E-state index in [2.05, 4.69) is 25.6 Å². The number of anilines is 2. The molecule has 0 aliphatic carbocycles. The van der Waals surface area contributed by atoms with Crippen molar-refractivity contribution in [2.75, 3.05) is 10.5 Å². The molecular weight excluding hydrogens is 356 g/mol. The fourth-order valence-electron chi connectivity index (χ4n) is 1.65. The van der Waals surface area contributed by atoms with Gasteiger partial charge < -0.3 is 5.73 Å². The highest BCUT2D eigenvalue weighted by Gasteiger charge is 2.18. The molecule has 0 aliphatic rings. The third-order valence-corrected chi connectivity index (χ3v) is 4.97. The molecule has 6 nitrogen and oxygen atoms in total. The first-order chi connectivity index (χ1) is 9.83. The van der Waals surface area contributed by atoms with Gasteiger partial charge in [-0.3, -0.25) is 4.72 Å². The van der Waals surface area contributed by atoms with Gasteiger partial charge in [-0.2, -0.15) is 5.26 Å². The second-order valence-electron chi connectivity index (χ2n) is 4.29. The summed E-state index contributed by atoms with van der Waals surface area (Å²) in [7, 11) is -3.86. The van der Waals surface area contributed by atoms with Crippen molar-refractivity contribution in [2.24, 2.45) is 0 Å². The lowest BCUT2D eigenvalue weighted by Gasteiger charge is -2.10. The maximum absolute atomic E-state index is 12.3. The SMILES string of the molecule is Cc1cc(NS(=O)(=O)c2ccc(C#N)cc2N)ncc1Br. The van der Waals surface area contributed by atoms with Crippen LogP contribution >= 0.6 is 15.9 Å².